The Bertz CT molecular complexity index is 427. The Morgan fingerprint density at radius 3 is 2.35 bits per heavy atom. The van der Waals surface area contributed by atoms with Crippen molar-refractivity contribution < 1.29 is 14.3 Å². The summed E-state index contributed by atoms with van der Waals surface area (Å²) < 4.78 is 10.7. The predicted octanol–water partition coefficient (Wildman–Crippen LogP) is 4.02. The molecule has 0 aromatic carbocycles. The highest BCUT2D eigenvalue weighted by molar-refractivity contribution is 5.74. The fraction of sp³-hybridized carbons (Fsp3) is 0.952. The molecule has 1 saturated carbocycles. The van der Waals surface area contributed by atoms with Crippen LogP contribution in [0.5, 0.6) is 0 Å². The molecule has 1 aliphatic carbocycles. The number of hydrogen-bond donors (Lipinski definition) is 0. The molecule has 2 aliphatic rings. The zero-order valence-corrected chi connectivity index (χ0v) is 17.6. The molecular weight excluding hydrogens is 328 g/mol. The third kappa shape index (κ3) is 6.73. The Labute approximate surface area is 160 Å². The largest absolute Gasteiger partial charge is 0.383 e. The van der Waals surface area contributed by atoms with E-state index in [9.17, 15) is 4.79 Å². The van der Waals surface area contributed by atoms with Crippen molar-refractivity contribution in [2.75, 3.05) is 47.0 Å². The molecule has 5 heteroatoms. The lowest BCUT2D eigenvalue weighted by Crippen LogP contribution is -2.46. The van der Waals surface area contributed by atoms with E-state index in [0.717, 1.165) is 51.7 Å². The van der Waals surface area contributed by atoms with E-state index in [2.05, 4.69) is 25.7 Å². The number of methoxy groups -OCH3 is 2. The minimum absolute atomic E-state index is 0.215. The van der Waals surface area contributed by atoms with E-state index in [4.69, 9.17) is 9.47 Å². The van der Waals surface area contributed by atoms with E-state index in [-0.39, 0.29) is 6.03 Å². The SMILES string of the molecule is COCCN(CC1CCC(OC)CC1)C(=O)N1CCC(CC(C)(C)C)C1. The van der Waals surface area contributed by atoms with Gasteiger partial charge >= 0.3 is 6.03 Å². The number of urea groups is 1. The van der Waals surface area contributed by atoms with Gasteiger partial charge in [0.05, 0.1) is 12.7 Å². The van der Waals surface area contributed by atoms with Crippen molar-refractivity contribution in [2.24, 2.45) is 17.3 Å². The fourth-order valence-electron chi connectivity index (χ4n) is 4.57. The summed E-state index contributed by atoms with van der Waals surface area (Å²) >= 11 is 0. The lowest BCUT2D eigenvalue weighted by Gasteiger charge is -2.34. The smallest absolute Gasteiger partial charge is 0.320 e. The summed E-state index contributed by atoms with van der Waals surface area (Å²) in [5, 5.41) is 0. The predicted molar refractivity (Wildman–Crippen MR) is 105 cm³/mol. The number of amides is 2. The van der Waals surface area contributed by atoms with Crippen LogP contribution in [0.15, 0.2) is 0 Å². The first-order valence-electron chi connectivity index (χ1n) is 10.4. The number of likely N-dealkylation sites (tertiary alicyclic amines) is 1. The van der Waals surface area contributed by atoms with Gasteiger partial charge in [-0.05, 0) is 55.8 Å². The van der Waals surface area contributed by atoms with Crippen molar-refractivity contribution in [2.45, 2.75) is 65.4 Å². The molecule has 152 valence electrons. The van der Waals surface area contributed by atoms with Gasteiger partial charge in [0.25, 0.3) is 0 Å². The molecule has 0 radical (unpaired) electrons. The minimum Gasteiger partial charge on any atom is -0.383 e. The molecule has 2 amide bonds. The average molecular weight is 369 g/mol. The highest BCUT2D eigenvalue weighted by Crippen LogP contribution is 2.31. The summed E-state index contributed by atoms with van der Waals surface area (Å²) in [7, 11) is 3.52. The number of carbonyl (C=O) groups is 1. The van der Waals surface area contributed by atoms with Gasteiger partial charge in [0.2, 0.25) is 0 Å². The lowest BCUT2D eigenvalue weighted by atomic mass is 9.84. The first-order chi connectivity index (χ1) is 12.3. The van der Waals surface area contributed by atoms with Crippen molar-refractivity contribution in [3.63, 3.8) is 0 Å². The fourth-order valence-corrected chi connectivity index (χ4v) is 4.57. The standard InChI is InChI=1S/C21H40N2O3/c1-21(2,3)14-18-10-11-22(16-18)20(24)23(12-13-25-4)15-17-6-8-19(26-5)9-7-17/h17-19H,6-16H2,1-5H3. The molecule has 5 nitrogen and oxygen atoms in total. The van der Waals surface area contributed by atoms with Crippen LogP contribution in [-0.4, -0.2) is 68.9 Å². The number of nitrogens with zero attached hydrogens (tertiary/aromatic N) is 2. The van der Waals surface area contributed by atoms with Crippen LogP contribution in [0.25, 0.3) is 0 Å². The Balaban J connectivity index is 1.88. The maximum absolute atomic E-state index is 13.1. The van der Waals surface area contributed by atoms with Crippen LogP contribution >= 0.6 is 0 Å². The van der Waals surface area contributed by atoms with Gasteiger partial charge in [0.1, 0.15) is 0 Å². The van der Waals surface area contributed by atoms with Crippen LogP contribution < -0.4 is 0 Å². The lowest BCUT2D eigenvalue weighted by molar-refractivity contribution is 0.0485. The quantitative estimate of drug-likeness (QED) is 0.682. The van der Waals surface area contributed by atoms with Crippen LogP contribution in [0.2, 0.25) is 0 Å². The zero-order chi connectivity index (χ0) is 19.2. The highest BCUT2D eigenvalue weighted by Gasteiger charge is 2.32. The molecule has 0 spiro atoms. The van der Waals surface area contributed by atoms with Gasteiger partial charge in [0.15, 0.2) is 0 Å². The summed E-state index contributed by atoms with van der Waals surface area (Å²) in [4.78, 5) is 17.2. The van der Waals surface area contributed by atoms with Gasteiger partial charge < -0.3 is 19.3 Å². The second kappa shape index (κ2) is 9.93. The molecule has 1 heterocycles. The molecule has 1 unspecified atom stereocenters. The van der Waals surface area contributed by atoms with Gasteiger partial charge in [-0.1, -0.05) is 20.8 Å². The van der Waals surface area contributed by atoms with Crippen LogP contribution in [0.4, 0.5) is 4.79 Å². The summed E-state index contributed by atoms with van der Waals surface area (Å²) in [5.41, 5.74) is 0.333. The molecule has 26 heavy (non-hydrogen) atoms. The van der Waals surface area contributed by atoms with Crippen LogP contribution in [-0.2, 0) is 9.47 Å². The Kier molecular flexibility index (Phi) is 8.21. The number of hydrogen-bond acceptors (Lipinski definition) is 3. The molecule has 1 saturated heterocycles. The van der Waals surface area contributed by atoms with Crippen molar-refractivity contribution in [1.82, 2.24) is 9.80 Å². The Hall–Kier alpha value is -0.810. The van der Waals surface area contributed by atoms with Gasteiger partial charge in [-0.3, -0.25) is 0 Å². The molecule has 0 aromatic heterocycles. The molecule has 0 bridgehead atoms. The van der Waals surface area contributed by atoms with Gasteiger partial charge in [-0.2, -0.15) is 0 Å². The van der Waals surface area contributed by atoms with E-state index < -0.39 is 0 Å². The molecular formula is C21H40N2O3. The second-order valence-electron chi connectivity index (χ2n) is 9.47. The molecule has 2 rings (SSSR count). The number of carbonyl (C=O) groups excluding carboxylic acids is 1. The van der Waals surface area contributed by atoms with E-state index in [1.165, 1.54) is 6.42 Å². The molecule has 1 atom stereocenters. The first kappa shape index (κ1) is 21.5. The minimum atomic E-state index is 0.215. The van der Waals surface area contributed by atoms with Crippen LogP contribution in [0.1, 0.15) is 59.3 Å². The van der Waals surface area contributed by atoms with Crippen molar-refractivity contribution in [3.8, 4) is 0 Å². The van der Waals surface area contributed by atoms with Crippen molar-refractivity contribution in [3.05, 3.63) is 0 Å². The van der Waals surface area contributed by atoms with Crippen LogP contribution in [0.3, 0.4) is 0 Å². The Morgan fingerprint density at radius 1 is 1.08 bits per heavy atom. The van der Waals surface area contributed by atoms with Gasteiger partial charge in [-0.25, -0.2) is 4.79 Å². The van der Waals surface area contributed by atoms with Crippen molar-refractivity contribution in [1.29, 1.82) is 0 Å². The molecule has 0 aromatic rings. The Morgan fingerprint density at radius 2 is 1.77 bits per heavy atom. The third-order valence-electron chi connectivity index (χ3n) is 5.90. The van der Waals surface area contributed by atoms with E-state index in [1.54, 1.807) is 14.2 Å². The highest BCUT2D eigenvalue weighted by atomic mass is 16.5. The summed E-state index contributed by atoms with van der Waals surface area (Å²) in [6, 6.07) is 0.215. The molecule has 1 aliphatic heterocycles. The monoisotopic (exact) mass is 368 g/mol. The number of rotatable bonds is 7. The van der Waals surface area contributed by atoms with Gasteiger partial charge in [0, 0.05) is 40.4 Å². The van der Waals surface area contributed by atoms with Gasteiger partial charge in [-0.15, -0.1) is 0 Å². The van der Waals surface area contributed by atoms with E-state index >= 15 is 0 Å². The second-order valence-corrected chi connectivity index (χ2v) is 9.47. The van der Waals surface area contributed by atoms with E-state index in [1.807, 2.05) is 4.90 Å². The maximum Gasteiger partial charge on any atom is 0.320 e. The maximum atomic E-state index is 13.1. The van der Waals surface area contributed by atoms with E-state index in [0.29, 0.717) is 36.5 Å². The summed E-state index contributed by atoms with van der Waals surface area (Å²) in [6.45, 7) is 10.9. The summed E-state index contributed by atoms with van der Waals surface area (Å²) in [6.07, 6.45) is 7.28. The normalized spacial score (nSPS) is 27.0. The topological polar surface area (TPSA) is 42.0 Å². The average Bonchev–Trinajstić information content (AvgIpc) is 3.05. The first-order valence-corrected chi connectivity index (χ1v) is 10.4. The third-order valence-corrected chi connectivity index (χ3v) is 5.90. The van der Waals surface area contributed by atoms with Crippen LogP contribution in [0, 0.1) is 17.3 Å². The molecule has 2 fully saturated rings. The number of ether oxygens (including phenoxy) is 2. The summed E-state index contributed by atoms with van der Waals surface area (Å²) in [5.74, 6) is 1.23. The van der Waals surface area contributed by atoms with Crippen molar-refractivity contribution >= 4 is 6.03 Å². The zero-order valence-electron chi connectivity index (χ0n) is 17.6. The molecule has 0 N–H and O–H groups in total.